The van der Waals surface area contributed by atoms with Gasteiger partial charge in [-0.2, -0.15) is 0 Å². The molecule has 0 radical (unpaired) electrons. The second kappa shape index (κ2) is 7.23. The number of halogens is 1. The summed E-state index contributed by atoms with van der Waals surface area (Å²) < 4.78 is 25.2. The number of ether oxygens (including phenoxy) is 1. The Morgan fingerprint density at radius 3 is 2.64 bits per heavy atom. The van der Waals surface area contributed by atoms with Crippen LogP contribution in [0.4, 0.5) is 15.8 Å². The van der Waals surface area contributed by atoms with Gasteiger partial charge in [0.25, 0.3) is 0 Å². The molecule has 1 aromatic heterocycles. The maximum atomic E-state index is 13.9. The highest BCUT2D eigenvalue weighted by atomic mass is 19.1. The average Bonchev–Trinajstić information content (AvgIpc) is 3.05. The number of benzene rings is 3. The van der Waals surface area contributed by atoms with Crippen molar-refractivity contribution in [2.45, 2.75) is 6.92 Å². The number of furan rings is 1. The Hall–Kier alpha value is -3.54. The van der Waals surface area contributed by atoms with Gasteiger partial charge in [0.2, 0.25) is 5.91 Å². The molecule has 0 spiro atoms. The number of hydrogen-bond acceptors (Lipinski definition) is 4. The second-order valence-electron chi connectivity index (χ2n) is 6.53. The van der Waals surface area contributed by atoms with Crippen molar-refractivity contribution >= 4 is 39.2 Å². The Bertz CT molecular complexity index is 1180. The Morgan fingerprint density at radius 2 is 1.86 bits per heavy atom. The first kappa shape index (κ1) is 17.9. The highest BCUT2D eigenvalue weighted by Crippen LogP contribution is 2.36. The topological polar surface area (TPSA) is 63.5 Å². The van der Waals surface area contributed by atoms with Gasteiger partial charge in [-0.1, -0.05) is 24.3 Å². The van der Waals surface area contributed by atoms with Crippen molar-refractivity contribution in [3.8, 4) is 5.75 Å². The summed E-state index contributed by atoms with van der Waals surface area (Å²) in [6.07, 6.45) is 0. The molecule has 0 saturated heterocycles. The van der Waals surface area contributed by atoms with E-state index in [1.54, 1.807) is 32.2 Å². The van der Waals surface area contributed by atoms with E-state index >= 15 is 0 Å². The number of methoxy groups -OCH3 is 1. The van der Waals surface area contributed by atoms with Crippen LogP contribution in [0.5, 0.6) is 5.75 Å². The highest BCUT2D eigenvalue weighted by Gasteiger charge is 2.13. The zero-order valence-electron chi connectivity index (χ0n) is 15.5. The fraction of sp³-hybridized carbons (Fsp3) is 0.136. The Kier molecular flexibility index (Phi) is 4.61. The molecule has 0 unspecified atom stereocenters. The van der Waals surface area contributed by atoms with Crippen molar-refractivity contribution < 1.29 is 18.3 Å². The number of anilines is 2. The monoisotopic (exact) mass is 378 g/mol. The van der Waals surface area contributed by atoms with Crippen molar-refractivity contribution in [2.75, 3.05) is 24.3 Å². The van der Waals surface area contributed by atoms with Crippen molar-refractivity contribution in [2.24, 2.45) is 0 Å². The molecule has 0 aliphatic rings. The molecule has 0 atom stereocenters. The Morgan fingerprint density at radius 1 is 1.04 bits per heavy atom. The molecular weight excluding hydrogens is 359 g/mol. The number of aryl methyl sites for hydroxylation is 1. The van der Waals surface area contributed by atoms with Crippen LogP contribution in [0, 0.1) is 12.7 Å². The van der Waals surface area contributed by atoms with E-state index in [0.717, 1.165) is 21.9 Å². The molecule has 4 rings (SSSR count). The maximum Gasteiger partial charge on any atom is 0.243 e. The molecule has 0 aliphatic carbocycles. The van der Waals surface area contributed by atoms with Gasteiger partial charge in [-0.15, -0.1) is 0 Å². The predicted octanol–water partition coefficient (Wildman–Crippen LogP) is 5.09. The summed E-state index contributed by atoms with van der Waals surface area (Å²) >= 11 is 0. The van der Waals surface area contributed by atoms with Crippen LogP contribution in [0.25, 0.3) is 21.9 Å². The van der Waals surface area contributed by atoms with E-state index < -0.39 is 5.82 Å². The van der Waals surface area contributed by atoms with E-state index in [1.165, 1.54) is 6.07 Å². The van der Waals surface area contributed by atoms with Crippen LogP contribution in [0.1, 0.15) is 5.56 Å². The van der Waals surface area contributed by atoms with Crippen LogP contribution in [0.3, 0.4) is 0 Å². The lowest BCUT2D eigenvalue weighted by molar-refractivity contribution is -0.114. The first-order valence-corrected chi connectivity index (χ1v) is 8.84. The van der Waals surface area contributed by atoms with Gasteiger partial charge >= 0.3 is 0 Å². The molecule has 0 saturated carbocycles. The number of fused-ring (bicyclic) bond motifs is 3. The number of amides is 1. The summed E-state index contributed by atoms with van der Waals surface area (Å²) in [5, 5.41) is 7.52. The van der Waals surface area contributed by atoms with Crippen molar-refractivity contribution in [3.05, 3.63) is 66.0 Å². The molecule has 142 valence electrons. The SMILES string of the molecule is COc1cc2c(cc1NCC(=O)Nc1ccc(C)cc1F)oc1ccccc12. The zero-order chi connectivity index (χ0) is 19.7. The Balaban J connectivity index is 1.55. The highest BCUT2D eigenvalue weighted by molar-refractivity contribution is 6.06. The summed E-state index contributed by atoms with van der Waals surface area (Å²) in [4.78, 5) is 12.2. The van der Waals surface area contributed by atoms with Crippen LogP contribution in [-0.4, -0.2) is 19.6 Å². The molecule has 3 aromatic carbocycles. The largest absolute Gasteiger partial charge is 0.495 e. The summed E-state index contributed by atoms with van der Waals surface area (Å²) in [7, 11) is 1.57. The van der Waals surface area contributed by atoms with Gasteiger partial charge in [0.05, 0.1) is 25.0 Å². The minimum atomic E-state index is -0.463. The summed E-state index contributed by atoms with van der Waals surface area (Å²) in [6.45, 7) is 1.74. The molecule has 0 aliphatic heterocycles. The fourth-order valence-corrected chi connectivity index (χ4v) is 3.15. The van der Waals surface area contributed by atoms with E-state index in [4.69, 9.17) is 9.15 Å². The molecule has 0 fully saturated rings. The van der Waals surface area contributed by atoms with Gasteiger partial charge < -0.3 is 19.8 Å². The van der Waals surface area contributed by atoms with E-state index in [-0.39, 0.29) is 18.1 Å². The van der Waals surface area contributed by atoms with Crippen LogP contribution < -0.4 is 15.4 Å². The van der Waals surface area contributed by atoms with Crippen molar-refractivity contribution in [1.29, 1.82) is 0 Å². The van der Waals surface area contributed by atoms with Crippen LogP contribution in [-0.2, 0) is 4.79 Å². The first-order valence-electron chi connectivity index (χ1n) is 8.84. The predicted molar refractivity (Wildman–Crippen MR) is 109 cm³/mol. The smallest absolute Gasteiger partial charge is 0.243 e. The Labute approximate surface area is 161 Å². The third kappa shape index (κ3) is 3.36. The number of rotatable bonds is 5. The summed E-state index contributed by atoms with van der Waals surface area (Å²) in [6, 6.07) is 16.1. The van der Waals surface area contributed by atoms with Gasteiger partial charge in [0, 0.05) is 16.8 Å². The normalized spacial score (nSPS) is 11.0. The third-order valence-corrected chi connectivity index (χ3v) is 4.54. The first-order chi connectivity index (χ1) is 13.5. The minimum Gasteiger partial charge on any atom is -0.495 e. The van der Waals surface area contributed by atoms with Crippen LogP contribution >= 0.6 is 0 Å². The number of carbonyl (C=O) groups excluding carboxylic acids is 1. The molecule has 4 aromatic rings. The van der Waals surface area contributed by atoms with Gasteiger partial charge in [-0.05, 0) is 36.8 Å². The fourth-order valence-electron chi connectivity index (χ4n) is 3.15. The molecule has 1 heterocycles. The van der Waals surface area contributed by atoms with Crippen molar-refractivity contribution in [1.82, 2.24) is 0 Å². The summed E-state index contributed by atoms with van der Waals surface area (Å²) in [5.41, 5.74) is 3.03. The zero-order valence-corrected chi connectivity index (χ0v) is 15.5. The van der Waals surface area contributed by atoms with Gasteiger partial charge in [0.15, 0.2) is 0 Å². The van der Waals surface area contributed by atoms with E-state index in [0.29, 0.717) is 17.0 Å². The molecular formula is C22H19FN2O3. The van der Waals surface area contributed by atoms with E-state index in [2.05, 4.69) is 10.6 Å². The number of para-hydroxylation sites is 1. The van der Waals surface area contributed by atoms with Gasteiger partial charge in [0.1, 0.15) is 22.7 Å². The van der Waals surface area contributed by atoms with Crippen LogP contribution in [0.15, 0.2) is 59.0 Å². The number of carbonyl (C=O) groups is 1. The standard InChI is InChI=1S/C22H19FN2O3/c1-13-7-8-17(16(23)9-13)25-22(26)12-24-18-11-20-15(10-21(18)27-2)14-5-3-4-6-19(14)28-20/h3-11,24H,12H2,1-2H3,(H,25,26). The van der Waals surface area contributed by atoms with Crippen LogP contribution in [0.2, 0.25) is 0 Å². The van der Waals surface area contributed by atoms with E-state index in [1.807, 2.05) is 30.3 Å². The van der Waals surface area contributed by atoms with Gasteiger partial charge in [-0.3, -0.25) is 4.79 Å². The molecule has 5 nitrogen and oxygen atoms in total. The maximum absolute atomic E-state index is 13.9. The molecule has 28 heavy (non-hydrogen) atoms. The number of hydrogen-bond donors (Lipinski definition) is 2. The second-order valence-corrected chi connectivity index (χ2v) is 6.53. The van der Waals surface area contributed by atoms with E-state index in [9.17, 15) is 9.18 Å². The molecule has 6 heteroatoms. The third-order valence-electron chi connectivity index (χ3n) is 4.54. The average molecular weight is 378 g/mol. The lowest BCUT2D eigenvalue weighted by Gasteiger charge is -2.12. The molecule has 1 amide bonds. The van der Waals surface area contributed by atoms with Crippen molar-refractivity contribution in [3.63, 3.8) is 0 Å². The molecule has 2 N–H and O–H groups in total. The lowest BCUT2D eigenvalue weighted by atomic mass is 10.1. The molecule has 0 bridgehead atoms. The quantitative estimate of drug-likeness (QED) is 0.508. The summed E-state index contributed by atoms with van der Waals surface area (Å²) in [5.74, 6) is -0.238. The minimum absolute atomic E-state index is 0.0462. The number of nitrogens with one attached hydrogen (secondary N) is 2. The lowest BCUT2D eigenvalue weighted by Crippen LogP contribution is -2.22. The van der Waals surface area contributed by atoms with Gasteiger partial charge in [-0.25, -0.2) is 4.39 Å².